The summed E-state index contributed by atoms with van der Waals surface area (Å²) in [5.41, 5.74) is 3.81. The summed E-state index contributed by atoms with van der Waals surface area (Å²) in [6.07, 6.45) is 2.00. The molecule has 0 saturated heterocycles. The van der Waals surface area contributed by atoms with Crippen molar-refractivity contribution >= 4 is 5.97 Å². The average Bonchev–Trinajstić information content (AvgIpc) is 3.12. The number of aromatic nitrogens is 2. The zero-order valence-corrected chi connectivity index (χ0v) is 15.8. The Kier molecular flexibility index (Phi) is 5.88. The Bertz CT molecular complexity index is 906. The number of ether oxygens (including phenoxy) is 2. The third-order valence-corrected chi connectivity index (χ3v) is 4.22. The first-order chi connectivity index (χ1) is 13.1. The minimum absolute atomic E-state index is 0.213. The summed E-state index contributed by atoms with van der Waals surface area (Å²) in [7, 11) is 4.92. The number of likely N-dealkylation sites (N-methyl/N-ethyl adjacent to an activating group) is 1. The lowest BCUT2D eigenvalue weighted by Gasteiger charge is -2.15. The van der Waals surface area contributed by atoms with Gasteiger partial charge in [0.2, 0.25) is 0 Å². The normalized spacial score (nSPS) is 10.8. The van der Waals surface area contributed by atoms with E-state index >= 15 is 0 Å². The number of carbonyl (C=O) groups excluding carboxylic acids is 1. The predicted octanol–water partition coefficient (Wildman–Crippen LogP) is 3.15. The molecule has 0 atom stereocenters. The van der Waals surface area contributed by atoms with Crippen molar-refractivity contribution in [3.05, 3.63) is 66.4 Å². The van der Waals surface area contributed by atoms with E-state index in [4.69, 9.17) is 14.6 Å². The van der Waals surface area contributed by atoms with Crippen LogP contribution >= 0.6 is 0 Å². The van der Waals surface area contributed by atoms with Gasteiger partial charge in [-0.2, -0.15) is 5.10 Å². The van der Waals surface area contributed by atoms with Gasteiger partial charge >= 0.3 is 5.97 Å². The van der Waals surface area contributed by atoms with Crippen LogP contribution in [0.5, 0.6) is 5.75 Å². The van der Waals surface area contributed by atoms with Gasteiger partial charge in [-0.15, -0.1) is 0 Å². The highest BCUT2D eigenvalue weighted by molar-refractivity contribution is 5.71. The quantitative estimate of drug-likeness (QED) is 0.602. The summed E-state index contributed by atoms with van der Waals surface area (Å²) in [5, 5.41) is 4.80. The Hall–Kier alpha value is -3.12. The van der Waals surface area contributed by atoms with E-state index in [0.29, 0.717) is 6.54 Å². The van der Waals surface area contributed by atoms with Crippen molar-refractivity contribution < 1.29 is 14.3 Å². The monoisotopic (exact) mass is 365 g/mol. The van der Waals surface area contributed by atoms with E-state index in [9.17, 15) is 4.79 Å². The molecule has 0 radical (unpaired) electrons. The van der Waals surface area contributed by atoms with Gasteiger partial charge in [0.1, 0.15) is 5.75 Å². The van der Waals surface area contributed by atoms with E-state index in [2.05, 4.69) is 0 Å². The van der Waals surface area contributed by atoms with E-state index in [1.165, 1.54) is 7.11 Å². The first-order valence-electron chi connectivity index (χ1n) is 8.64. The molecule has 0 N–H and O–H groups in total. The molecule has 1 heterocycles. The Labute approximate surface area is 158 Å². The fourth-order valence-corrected chi connectivity index (χ4v) is 2.88. The third-order valence-electron chi connectivity index (χ3n) is 4.22. The summed E-state index contributed by atoms with van der Waals surface area (Å²) < 4.78 is 12.0. The molecule has 6 heteroatoms. The third kappa shape index (κ3) is 4.54. The number of para-hydroxylation sites is 1. The highest BCUT2D eigenvalue weighted by Gasteiger charge is 2.16. The van der Waals surface area contributed by atoms with Crippen LogP contribution in [0.2, 0.25) is 0 Å². The smallest absolute Gasteiger partial charge is 0.319 e. The molecular weight excluding hydrogens is 342 g/mol. The van der Waals surface area contributed by atoms with Crippen molar-refractivity contribution in [2.75, 3.05) is 27.8 Å². The zero-order chi connectivity index (χ0) is 19.2. The molecule has 2 aromatic carbocycles. The maximum Gasteiger partial charge on any atom is 0.319 e. The fourth-order valence-electron chi connectivity index (χ4n) is 2.88. The van der Waals surface area contributed by atoms with Gasteiger partial charge in [0.05, 0.1) is 32.1 Å². The van der Waals surface area contributed by atoms with Gasteiger partial charge in [0.15, 0.2) is 0 Å². The number of carbonyl (C=O) groups is 1. The van der Waals surface area contributed by atoms with Crippen molar-refractivity contribution in [1.82, 2.24) is 14.7 Å². The van der Waals surface area contributed by atoms with Crippen LogP contribution in [-0.4, -0.2) is 48.5 Å². The predicted molar refractivity (Wildman–Crippen MR) is 104 cm³/mol. The van der Waals surface area contributed by atoms with Gasteiger partial charge in [-0.1, -0.05) is 30.3 Å². The van der Waals surface area contributed by atoms with Crippen LogP contribution in [-0.2, 0) is 16.1 Å². The lowest BCUT2D eigenvalue weighted by atomic mass is 10.1. The molecule has 6 nitrogen and oxygen atoms in total. The summed E-state index contributed by atoms with van der Waals surface area (Å²) in [5.74, 6) is 0.506. The number of hydrogen-bond donors (Lipinski definition) is 0. The number of esters is 1. The van der Waals surface area contributed by atoms with E-state index in [1.807, 2.05) is 77.4 Å². The first-order valence-corrected chi connectivity index (χ1v) is 8.64. The van der Waals surface area contributed by atoms with Crippen molar-refractivity contribution in [2.45, 2.75) is 6.54 Å². The van der Waals surface area contributed by atoms with E-state index < -0.39 is 0 Å². The number of rotatable bonds is 7. The first kappa shape index (κ1) is 18.7. The van der Waals surface area contributed by atoms with Crippen LogP contribution in [0.25, 0.3) is 16.9 Å². The summed E-state index contributed by atoms with van der Waals surface area (Å²) >= 11 is 0. The van der Waals surface area contributed by atoms with Gasteiger partial charge in [-0.3, -0.25) is 9.69 Å². The van der Waals surface area contributed by atoms with Gasteiger partial charge in [0, 0.05) is 23.9 Å². The highest BCUT2D eigenvalue weighted by atomic mass is 16.5. The standard InChI is InChI=1S/C21H23N3O3/c1-23(15-20(25)27-3)13-17-14-24(18-9-5-4-6-10-18)22-21(17)16-8-7-11-19(12-16)26-2/h4-12,14H,13,15H2,1-3H3. The molecular formula is C21H23N3O3. The number of methoxy groups -OCH3 is 2. The molecule has 0 unspecified atom stereocenters. The second kappa shape index (κ2) is 8.51. The average molecular weight is 365 g/mol. The Morgan fingerprint density at radius 3 is 2.59 bits per heavy atom. The minimum Gasteiger partial charge on any atom is -0.497 e. The van der Waals surface area contributed by atoms with E-state index in [-0.39, 0.29) is 12.5 Å². The van der Waals surface area contributed by atoms with Crippen LogP contribution in [0, 0.1) is 0 Å². The molecule has 0 spiro atoms. The second-order valence-electron chi connectivity index (χ2n) is 6.26. The number of nitrogens with zero attached hydrogens (tertiary/aromatic N) is 3. The summed E-state index contributed by atoms with van der Waals surface area (Å²) in [6.45, 7) is 0.777. The molecule has 1 aromatic heterocycles. The molecule has 0 amide bonds. The van der Waals surface area contributed by atoms with Gasteiger partial charge in [0.25, 0.3) is 0 Å². The maximum atomic E-state index is 11.6. The van der Waals surface area contributed by atoms with Gasteiger partial charge in [-0.25, -0.2) is 4.68 Å². The molecule has 140 valence electrons. The zero-order valence-electron chi connectivity index (χ0n) is 15.8. The SMILES string of the molecule is COC(=O)CN(C)Cc1cn(-c2ccccc2)nc1-c1cccc(OC)c1. The topological polar surface area (TPSA) is 56.6 Å². The summed E-state index contributed by atoms with van der Waals surface area (Å²) in [4.78, 5) is 13.5. The van der Waals surface area contributed by atoms with Crippen LogP contribution in [0.3, 0.4) is 0 Å². The molecule has 0 bridgehead atoms. The summed E-state index contributed by atoms with van der Waals surface area (Å²) in [6, 6.07) is 17.7. The van der Waals surface area contributed by atoms with Gasteiger partial charge < -0.3 is 9.47 Å². The molecule has 0 saturated carbocycles. The Balaban J connectivity index is 1.98. The molecule has 3 aromatic rings. The molecule has 0 aliphatic heterocycles. The van der Waals surface area contributed by atoms with Crippen LogP contribution in [0.1, 0.15) is 5.56 Å². The fraction of sp³-hybridized carbons (Fsp3) is 0.238. The minimum atomic E-state index is -0.268. The lowest BCUT2D eigenvalue weighted by Crippen LogP contribution is -2.26. The maximum absolute atomic E-state index is 11.6. The molecule has 0 aliphatic rings. The number of benzene rings is 2. The van der Waals surface area contributed by atoms with Crippen molar-refractivity contribution in [3.63, 3.8) is 0 Å². The van der Waals surface area contributed by atoms with E-state index in [1.54, 1.807) is 7.11 Å². The van der Waals surface area contributed by atoms with Crippen LogP contribution in [0.4, 0.5) is 0 Å². The Morgan fingerprint density at radius 1 is 1.11 bits per heavy atom. The van der Waals surface area contributed by atoms with Crippen molar-refractivity contribution in [3.8, 4) is 22.7 Å². The second-order valence-corrected chi connectivity index (χ2v) is 6.26. The van der Waals surface area contributed by atoms with Gasteiger partial charge in [-0.05, 0) is 31.3 Å². The lowest BCUT2D eigenvalue weighted by molar-refractivity contribution is -0.141. The van der Waals surface area contributed by atoms with Crippen LogP contribution in [0.15, 0.2) is 60.8 Å². The van der Waals surface area contributed by atoms with Crippen molar-refractivity contribution in [1.29, 1.82) is 0 Å². The molecule has 3 rings (SSSR count). The van der Waals surface area contributed by atoms with Crippen LogP contribution < -0.4 is 4.74 Å². The van der Waals surface area contributed by atoms with E-state index in [0.717, 1.165) is 28.3 Å². The molecule has 0 aliphatic carbocycles. The van der Waals surface area contributed by atoms with Crippen molar-refractivity contribution in [2.24, 2.45) is 0 Å². The number of hydrogen-bond acceptors (Lipinski definition) is 5. The Morgan fingerprint density at radius 2 is 1.89 bits per heavy atom. The highest BCUT2D eigenvalue weighted by Crippen LogP contribution is 2.27. The largest absolute Gasteiger partial charge is 0.497 e. The molecule has 0 fully saturated rings. The molecule has 27 heavy (non-hydrogen) atoms.